The predicted molar refractivity (Wildman–Crippen MR) is 99.8 cm³/mol. The first kappa shape index (κ1) is 21.1. The third kappa shape index (κ3) is 4.87. The maximum absolute atomic E-state index is 13.6. The van der Waals surface area contributed by atoms with Crippen molar-refractivity contribution in [3.05, 3.63) is 41.6 Å². The third-order valence-electron chi connectivity index (χ3n) is 4.17. The quantitative estimate of drug-likeness (QED) is 0.320. The number of hydrogen-bond donors (Lipinski definition) is 1. The van der Waals surface area contributed by atoms with Crippen molar-refractivity contribution in [2.24, 2.45) is 5.73 Å². The van der Waals surface area contributed by atoms with E-state index < -0.39 is 17.9 Å². The largest absolute Gasteiger partial charge is 0.433 e. The first-order valence-electron chi connectivity index (χ1n) is 8.26. The smallest absolute Gasteiger partial charge is 0.355 e. The second kappa shape index (κ2) is 8.03. The van der Waals surface area contributed by atoms with Crippen molar-refractivity contribution in [1.82, 2.24) is 9.97 Å². The number of anilines is 1. The van der Waals surface area contributed by atoms with Gasteiger partial charge in [-0.25, -0.2) is 9.97 Å². The first-order valence-corrected chi connectivity index (χ1v) is 10.4. The highest BCUT2D eigenvalue weighted by atomic mass is 32.2. The van der Waals surface area contributed by atoms with Gasteiger partial charge >= 0.3 is 12.2 Å². The number of hydrogen-bond acceptors (Lipinski definition) is 6. The number of aromatic nitrogens is 2. The van der Waals surface area contributed by atoms with Crippen LogP contribution >= 0.6 is 23.5 Å². The highest BCUT2D eigenvalue weighted by Crippen LogP contribution is 2.38. The van der Waals surface area contributed by atoms with E-state index >= 15 is 0 Å². The van der Waals surface area contributed by atoms with Crippen LogP contribution in [0, 0.1) is 0 Å². The summed E-state index contributed by atoms with van der Waals surface area (Å²) in [5, 5.41) is -0.0421. The van der Waals surface area contributed by atoms with E-state index in [1.165, 1.54) is 23.9 Å². The molecule has 1 fully saturated rings. The van der Waals surface area contributed by atoms with E-state index in [-0.39, 0.29) is 21.8 Å². The van der Waals surface area contributed by atoms with Gasteiger partial charge in [-0.05, 0) is 18.7 Å². The number of nitrogens with zero attached hydrogens (tertiary/aromatic N) is 3. The van der Waals surface area contributed by atoms with Crippen molar-refractivity contribution in [3.8, 4) is 0 Å². The molecule has 0 amide bonds. The maximum atomic E-state index is 13.6. The highest BCUT2D eigenvalue weighted by molar-refractivity contribution is 8.00. The van der Waals surface area contributed by atoms with Gasteiger partial charge in [0.2, 0.25) is 0 Å². The van der Waals surface area contributed by atoms with Crippen LogP contribution in [0.15, 0.2) is 40.4 Å². The number of thioether (sulfide) groups is 2. The Morgan fingerprint density at radius 2 is 1.86 bits per heavy atom. The Hall–Kier alpha value is -1.59. The van der Waals surface area contributed by atoms with Crippen molar-refractivity contribution in [2.75, 3.05) is 24.2 Å². The molecule has 1 unspecified atom stereocenters. The van der Waals surface area contributed by atoms with Gasteiger partial charge in [0.15, 0.2) is 10.9 Å². The summed E-state index contributed by atoms with van der Waals surface area (Å²) in [5.74, 6) is 0.187. The number of benzene rings is 1. The molecule has 3 rings (SSSR count). The van der Waals surface area contributed by atoms with Gasteiger partial charge in [-0.2, -0.15) is 22.0 Å². The van der Waals surface area contributed by atoms with E-state index in [0.717, 1.165) is 17.8 Å². The van der Waals surface area contributed by atoms with Crippen LogP contribution in [0.4, 0.5) is 27.8 Å². The van der Waals surface area contributed by atoms with E-state index in [9.17, 15) is 22.0 Å². The molecule has 28 heavy (non-hydrogen) atoms. The monoisotopic (exact) mass is 436 g/mol. The van der Waals surface area contributed by atoms with Gasteiger partial charge < -0.3 is 4.90 Å². The Balaban J connectivity index is 1.78. The second-order valence-electron chi connectivity index (χ2n) is 6.19. The van der Waals surface area contributed by atoms with E-state index in [0.29, 0.717) is 24.4 Å². The fourth-order valence-corrected chi connectivity index (χ4v) is 4.57. The zero-order valence-corrected chi connectivity index (χ0v) is 16.3. The molecule has 0 saturated carbocycles. The third-order valence-corrected chi connectivity index (χ3v) is 6.05. The number of halogens is 5. The first-order chi connectivity index (χ1) is 13.1. The lowest BCUT2D eigenvalue weighted by Crippen LogP contribution is -2.26. The van der Waals surface area contributed by atoms with Crippen molar-refractivity contribution >= 4 is 29.3 Å². The molecule has 1 aromatic heterocycles. The second-order valence-corrected chi connectivity index (χ2v) is 8.31. The molecule has 4 nitrogen and oxygen atoms in total. The number of rotatable bonds is 5. The minimum absolute atomic E-state index is 0.0362. The van der Waals surface area contributed by atoms with Crippen LogP contribution in [0.3, 0.4) is 0 Å². The fourth-order valence-electron chi connectivity index (χ4n) is 2.87. The highest BCUT2D eigenvalue weighted by Gasteiger charge is 2.35. The molecule has 0 spiro atoms. The van der Waals surface area contributed by atoms with Crippen LogP contribution in [0.25, 0.3) is 0 Å². The topological polar surface area (TPSA) is 55.0 Å². The lowest BCUT2D eigenvalue weighted by molar-refractivity contribution is -0.141. The van der Waals surface area contributed by atoms with Crippen LogP contribution in [0.5, 0.6) is 0 Å². The summed E-state index contributed by atoms with van der Waals surface area (Å²) in [5.41, 5.74) is 3.70. The Morgan fingerprint density at radius 3 is 2.50 bits per heavy atom. The van der Waals surface area contributed by atoms with Gasteiger partial charge in [-0.3, -0.25) is 5.73 Å². The summed E-state index contributed by atoms with van der Waals surface area (Å²) in [7, 11) is 0. The van der Waals surface area contributed by atoms with Crippen LogP contribution in [-0.4, -0.2) is 34.6 Å². The molecule has 2 N–H and O–H groups in total. The summed E-state index contributed by atoms with van der Waals surface area (Å²) in [6.07, 6.45) is -2.34. The van der Waals surface area contributed by atoms with Gasteiger partial charge in [0.05, 0.1) is 5.56 Å². The molecule has 11 heteroatoms. The van der Waals surface area contributed by atoms with E-state index in [1.54, 1.807) is 23.3 Å². The molecule has 2 heterocycles. The molecule has 1 saturated heterocycles. The molecule has 152 valence electrons. The minimum Gasteiger partial charge on any atom is -0.355 e. The van der Waals surface area contributed by atoms with E-state index in [1.807, 2.05) is 0 Å². The summed E-state index contributed by atoms with van der Waals surface area (Å²) in [6.45, 7) is 0.859. The van der Waals surface area contributed by atoms with Crippen molar-refractivity contribution in [1.29, 1.82) is 0 Å². The van der Waals surface area contributed by atoms with Crippen LogP contribution in [0.1, 0.15) is 17.7 Å². The summed E-state index contributed by atoms with van der Waals surface area (Å²) in [4.78, 5) is 9.78. The number of alkyl halides is 5. The molecule has 0 bridgehead atoms. The molecule has 1 aliphatic rings. The van der Waals surface area contributed by atoms with Crippen molar-refractivity contribution in [2.45, 2.75) is 33.9 Å². The average Bonchev–Trinajstić information content (AvgIpc) is 3.08. The Morgan fingerprint density at radius 1 is 1.14 bits per heavy atom. The molecule has 1 atom stereocenters. The minimum atomic E-state index is -4.57. The fraction of sp³-hybridized carbons (Fsp3) is 0.412. The average molecular weight is 436 g/mol. The molecular formula is C17H17F5N4S2. The molecule has 0 radical (unpaired) electrons. The van der Waals surface area contributed by atoms with Crippen LogP contribution in [0.2, 0.25) is 0 Å². The van der Waals surface area contributed by atoms with Gasteiger partial charge in [-0.1, -0.05) is 30.0 Å². The van der Waals surface area contributed by atoms with Crippen LogP contribution < -0.4 is 10.6 Å². The molecule has 0 aliphatic carbocycles. The predicted octanol–water partition coefficient (Wildman–Crippen LogP) is 4.60. The zero-order chi connectivity index (χ0) is 20.5. The van der Waals surface area contributed by atoms with Crippen LogP contribution in [-0.2, 0) is 12.2 Å². The maximum Gasteiger partial charge on any atom is 0.433 e. The van der Waals surface area contributed by atoms with E-state index in [2.05, 4.69) is 9.97 Å². The Bertz CT molecular complexity index is 841. The van der Waals surface area contributed by atoms with Crippen molar-refractivity contribution < 1.29 is 22.0 Å². The van der Waals surface area contributed by atoms with E-state index in [4.69, 9.17) is 5.73 Å². The summed E-state index contributed by atoms with van der Waals surface area (Å²) >= 11 is 2.28. The lowest BCUT2D eigenvalue weighted by atomic mass is 10.2. The SMILES string of the molecule is CSc1nc(N2CCC(Sc3ccccc3C(N)(F)F)C2)cc(C(F)(F)F)n1. The Labute approximate surface area is 167 Å². The molecule has 2 aromatic rings. The molecule has 1 aliphatic heterocycles. The van der Waals surface area contributed by atoms with Gasteiger partial charge in [0.1, 0.15) is 5.82 Å². The van der Waals surface area contributed by atoms with Gasteiger partial charge in [0, 0.05) is 29.3 Å². The standard InChI is InChI=1S/C17H17F5N4S2/c1-27-15-24-13(16(18,19)20)8-14(25-15)26-7-6-10(9-26)28-12-5-3-2-4-11(12)17(21,22)23/h2-5,8,10H,6-7,9,23H2,1H3. The molecular weight excluding hydrogens is 419 g/mol. The zero-order valence-electron chi connectivity index (χ0n) is 14.7. The normalized spacial score (nSPS) is 18.0. The van der Waals surface area contributed by atoms with Crippen molar-refractivity contribution in [3.63, 3.8) is 0 Å². The van der Waals surface area contributed by atoms with Gasteiger partial charge in [-0.15, -0.1) is 11.8 Å². The Kier molecular flexibility index (Phi) is 6.06. The van der Waals surface area contributed by atoms with Gasteiger partial charge in [0.25, 0.3) is 0 Å². The lowest BCUT2D eigenvalue weighted by Gasteiger charge is -2.20. The summed E-state index contributed by atoms with van der Waals surface area (Å²) in [6, 6.07) is 3.46. The molecule has 1 aromatic carbocycles. The summed E-state index contributed by atoms with van der Waals surface area (Å²) < 4.78 is 66.5. The number of nitrogens with two attached hydrogens (primary N) is 1.